The van der Waals surface area contributed by atoms with E-state index in [1.165, 1.54) is 12.7 Å². The van der Waals surface area contributed by atoms with Crippen LogP contribution in [0.4, 0.5) is 0 Å². The van der Waals surface area contributed by atoms with Gasteiger partial charge in [-0.15, -0.1) is 0 Å². The first kappa shape index (κ1) is 11.2. The number of ether oxygens (including phenoxy) is 1. The first-order valence-corrected chi connectivity index (χ1v) is 4.35. The number of fused-ring (bicyclic) bond motifs is 1. The van der Waals surface area contributed by atoms with Gasteiger partial charge in [0.05, 0.1) is 5.95 Å². The van der Waals surface area contributed by atoms with Crippen molar-refractivity contribution < 1.29 is 28.7 Å². The summed E-state index contributed by atoms with van der Waals surface area (Å²) in [4.78, 5) is 0. The fourth-order valence-electron chi connectivity index (χ4n) is 1.76. The van der Waals surface area contributed by atoms with Crippen molar-refractivity contribution in [1.29, 1.82) is 0 Å². The molecule has 0 bridgehead atoms. The van der Waals surface area contributed by atoms with Crippen LogP contribution < -0.4 is 24.0 Å². The number of rotatable bonds is 1. The molecular weight excluding hydrogens is 171 g/mol. The van der Waals surface area contributed by atoms with Crippen LogP contribution in [0.1, 0.15) is 17.5 Å². The van der Waals surface area contributed by atoms with E-state index in [1.807, 2.05) is 18.2 Å². The summed E-state index contributed by atoms with van der Waals surface area (Å²) >= 11 is 0. The molecule has 0 fully saturated rings. The Morgan fingerprint density at radius 3 is 2.71 bits per heavy atom. The molecule has 68 valence electrons. The van der Waals surface area contributed by atoms with Crippen LogP contribution in [0.15, 0.2) is 30.2 Å². The normalized spacial score (nSPS) is 16.9. The second-order valence-corrected chi connectivity index (χ2v) is 3.13. The van der Waals surface area contributed by atoms with Gasteiger partial charge in [0, 0.05) is 0 Å². The third kappa shape index (κ3) is 1.82. The monoisotopic (exact) mass is 182 g/mol. The fraction of sp³-hybridized carbons (Fsp3) is 0.273. The smallest absolute Gasteiger partial charge is 0.616 e. The average molecular weight is 182 g/mol. The molecule has 0 saturated heterocycles. The molecule has 1 aliphatic carbocycles. The number of allylic oxidation sites excluding steroid dienone is 1. The number of hydrogen-bond donors (Lipinski definition) is 0. The molecule has 0 spiro atoms. The fourth-order valence-corrected chi connectivity index (χ4v) is 1.76. The molecule has 3 heteroatoms. The van der Waals surface area contributed by atoms with Gasteiger partial charge in [-0.1, -0.05) is 24.3 Å². The Balaban J connectivity index is 0.000000980. The van der Waals surface area contributed by atoms with Crippen molar-refractivity contribution in [2.45, 2.75) is 12.8 Å². The first-order chi connectivity index (χ1) is 6.33. The molecule has 2 nitrogen and oxygen atoms in total. The first-order valence-electron chi connectivity index (χ1n) is 4.35. The van der Waals surface area contributed by atoms with Crippen molar-refractivity contribution in [1.82, 2.24) is 0 Å². The largest absolute Gasteiger partial charge is 1.00 e. The number of hydrogen-bond acceptors (Lipinski definition) is 2. The summed E-state index contributed by atoms with van der Waals surface area (Å²) < 4.78 is 4.72. The van der Waals surface area contributed by atoms with Gasteiger partial charge in [0.1, 0.15) is 0 Å². The van der Waals surface area contributed by atoms with Gasteiger partial charge in [0.25, 0.3) is 0 Å². The Labute approximate surface area is 95.8 Å². The van der Waals surface area contributed by atoms with Crippen molar-refractivity contribution in [3.63, 3.8) is 0 Å². The van der Waals surface area contributed by atoms with Gasteiger partial charge >= 0.3 is 18.9 Å². The molecule has 0 radical (unpaired) electrons. The maximum Gasteiger partial charge on any atom is 1.00 e. The quantitative estimate of drug-likeness (QED) is 0.383. The zero-order valence-corrected chi connectivity index (χ0v) is 8.54. The van der Waals surface area contributed by atoms with Crippen molar-refractivity contribution >= 4 is 5.57 Å². The molecule has 0 heterocycles. The van der Waals surface area contributed by atoms with Gasteiger partial charge in [-0.05, 0) is 36.7 Å². The van der Waals surface area contributed by atoms with Crippen LogP contribution in [0.25, 0.3) is 5.57 Å². The minimum Gasteiger partial charge on any atom is -0.616 e. The molecule has 2 rings (SSSR count). The molecule has 1 aromatic carbocycles. The maximum atomic E-state index is 11.3. The average Bonchev–Trinajstić information content (AvgIpc) is 2.60. The molecular formula is C11H11LiO2. The summed E-state index contributed by atoms with van der Waals surface area (Å²) in [7, 11) is 1.43. The van der Waals surface area contributed by atoms with E-state index < -0.39 is 0 Å². The summed E-state index contributed by atoms with van der Waals surface area (Å²) in [5.74, 6) is -0.190. The Kier molecular flexibility index (Phi) is 3.68. The predicted octanol–water partition coefficient (Wildman–Crippen LogP) is -1.69. The molecule has 0 unspecified atom stereocenters. The Morgan fingerprint density at radius 1 is 1.29 bits per heavy atom. The topological polar surface area (TPSA) is 32.3 Å². The zero-order valence-electron chi connectivity index (χ0n) is 8.54. The van der Waals surface area contributed by atoms with Gasteiger partial charge < -0.3 is 9.84 Å². The second kappa shape index (κ2) is 4.59. The Morgan fingerprint density at radius 2 is 2.00 bits per heavy atom. The van der Waals surface area contributed by atoms with Crippen molar-refractivity contribution in [2.75, 3.05) is 7.11 Å². The zero-order chi connectivity index (χ0) is 9.26. The molecule has 1 aliphatic rings. The van der Waals surface area contributed by atoms with E-state index in [0.29, 0.717) is 0 Å². The third-order valence-electron chi connectivity index (χ3n) is 2.42. The SMILES string of the molecule is CO/C([O-])=C1/CCc2ccccc21.[Li+]. The molecule has 0 aliphatic heterocycles. The third-order valence-corrected chi connectivity index (χ3v) is 2.42. The summed E-state index contributed by atoms with van der Waals surface area (Å²) in [6.07, 6.45) is 1.77. The minimum absolute atomic E-state index is 0. The van der Waals surface area contributed by atoms with Gasteiger partial charge in [0.2, 0.25) is 0 Å². The Hall–Kier alpha value is -0.843. The molecule has 14 heavy (non-hydrogen) atoms. The number of benzene rings is 1. The van der Waals surface area contributed by atoms with Crippen molar-refractivity contribution in [3.05, 3.63) is 41.3 Å². The minimum atomic E-state index is -0.190. The van der Waals surface area contributed by atoms with E-state index in [4.69, 9.17) is 4.74 Å². The molecule has 1 aromatic rings. The standard InChI is InChI=1S/C11H12O2.Li/c1-13-11(12)10-7-6-8-4-2-3-5-9(8)10;/h2-5,12H,6-7H2,1H3;/q;+1/p-1/b11-10-;. The molecule has 0 N–H and O–H groups in total. The van der Waals surface area contributed by atoms with Crippen LogP contribution in [-0.2, 0) is 11.2 Å². The molecule has 0 atom stereocenters. The van der Waals surface area contributed by atoms with E-state index >= 15 is 0 Å². The van der Waals surface area contributed by atoms with Crippen LogP contribution in [0.5, 0.6) is 0 Å². The van der Waals surface area contributed by atoms with Gasteiger partial charge in [0.15, 0.2) is 0 Å². The van der Waals surface area contributed by atoms with Crippen LogP contribution in [-0.4, -0.2) is 7.11 Å². The number of aryl methyl sites for hydroxylation is 1. The van der Waals surface area contributed by atoms with Crippen LogP contribution >= 0.6 is 0 Å². The Bertz CT molecular complexity index is 358. The second-order valence-electron chi connectivity index (χ2n) is 3.13. The number of methoxy groups -OCH3 is 1. The van der Waals surface area contributed by atoms with E-state index in [9.17, 15) is 5.11 Å². The summed E-state index contributed by atoms with van der Waals surface area (Å²) in [6.45, 7) is 0. The van der Waals surface area contributed by atoms with Gasteiger partial charge in [-0.2, -0.15) is 0 Å². The van der Waals surface area contributed by atoms with Crippen LogP contribution in [0, 0.1) is 0 Å². The summed E-state index contributed by atoms with van der Waals surface area (Å²) in [5.41, 5.74) is 3.13. The van der Waals surface area contributed by atoms with Crippen molar-refractivity contribution in [3.8, 4) is 0 Å². The van der Waals surface area contributed by atoms with E-state index in [1.54, 1.807) is 0 Å². The van der Waals surface area contributed by atoms with E-state index in [2.05, 4.69) is 6.07 Å². The van der Waals surface area contributed by atoms with Crippen LogP contribution in [0.3, 0.4) is 0 Å². The van der Waals surface area contributed by atoms with E-state index in [0.717, 1.165) is 24.0 Å². The van der Waals surface area contributed by atoms with Gasteiger partial charge in [-0.25, -0.2) is 0 Å². The maximum absolute atomic E-state index is 11.3. The van der Waals surface area contributed by atoms with Crippen LogP contribution in [0.2, 0.25) is 0 Å². The molecule has 0 amide bonds. The molecule has 0 saturated carbocycles. The van der Waals surface area contributed by atoms with E-state index in [-0.39, 0.29) is 24.8 Å². The molecule has 0 aromatic heterocycles. The van der Waals surface area contributed by atoms with Gasteiger partial charge in [-0.3, -0.25) is 0 Å². The predicted molar refractivity (Wildman–Crippen MR) is 48.7 cm³/mol. The van der Waals surface area contributed by atoms with Crippen molar-refractivity contribution in [2.24, 2.45) is 0 Å². The summed E-state index contributed by atoms with van der Waals surface area (Å²) in [5, 5.41) is 11.3. The summed E-state index contributed by atoms with van der Waals surface area (Å²) in [6, 6.07) is 7.99.